The van der Waals surface area contributed by atoms with Gasteiger partial charge in [0.1, 0.15) is 4.88 Å². The molecule has 0 fully saturated rings. The van der Waals surface area contributed by atoms with Crippen LogP contribution in [0.4, 0.5) is 0 Å². The number of hydrogen-bond acceptors (Lipinski definition) is 3. The SMILES string of the molecule is O=C(O)c1cc(SCCc2ccccc2)cs1. The van der Waals surface area contributed by atoms with Crippen molar-refractivity contribution in [3.63, 3.8) is 0 Å². The average molecular weight is 264 g/mol. The highest BCUT2D eigenvalue weighted by atomic mass is 32.2. The van der Waals surface area contributed by atoms with Crippen molar-refractivity contribution < 1.29 is 9.90 Å². The normalized spacial score (nSPS) is 10.4. The van der Waals surface area contributed by atoms with Gasteiger partial charge in [0.25, 0.3) is 0 Å². The second-order valence-electron chi connectivity index (χ2n) is 3.54. The highest BCUT2D eigenvalue weighted by Gasteiger charge is 2.06. The fraction of sp³-hybridized carbons (Fsp3) is 0.154. The molecule has 2 aromatic rings. The Morgan fingerprint density at radius 3 is 2.71 bits per heavy atom. The highest BCUT2D eigenvalue weighted by molar-refractivity contribution is 7.99. The first-order valence-electron chi connectivity index (χ1n) is 5.24. The molecule has 0 spiro atoms. The molecule has 17 heavy (non-hydrogen) atoms. The number of benzene rings is 1. The minimum absolute atomic E-state index is 0.409. The Kier molecular flexibility index (Phi) is 4.23. The monoisotopic (exact) mass is 264 g/mol. The van der Waals surface area contributed by atoms with E-state index in [0.29, 0.717) is 4.88 Å². The molecule has 1 aromatic carbocycles. The van der Waals surface area contributed by atoms with Gasteiger partial charge in [-0.25, -0.2) is 4.79 Å². The number of thioether (sulfide) groups is 1. The van der Waals surface area contributed by atoms with E-state index in [9.17, 15) is 4.79 Å². The van der Waals surface area contributed by atoms with Crippen molar-refractivity contribution in [3.8, 4) is 0 Å². The molecule has 0 aliphatic heterocycles. The molecule has 1 aromatic heterocycles. The first-order valence-corrected chi connectivity index (χ1v) is 7.11. The summed E-state index contributed by atoms with van der Waals surface area (Å²) in [6.07, 6.45) is 1.00. The number of aromatic carboxylic acids is 1. The molecule has 88 valence electrons. The second kappa shape index (κ2) is 5.89. The van der Waals surface area contributed by atoms with Crippen LogP contribution in [0.3, 0.4) is 0 Å². The van der Waals surface area contributed by atoms with Crippen molar-refractivity contribution in [2.75, 3.05) is 5.75 Å². The van der Waals surface area contributed by atoms with E-state index in [1.54, 1.807) is 17.8 Å². The van der Waals surface area contributed by atoms with Gasteiger partial charge in [-0.2, -0.15) is 0 Å². The molecule has 0 radical (unpaired) electrons. The van der Waals surface area contributed by atoms with Crippen LogP contribution in [-0.4, -0.2) is 16.8 Å². The summed E-state index contributed by atoms with van der Waals surface area (Å²) in [4.78, 5) is 12.2. The van der Waals surface area contributed by atoms with Gasteiger partial charge >= 0.3 is 5.97 Å². The largest absolute Gasteiger partial charge is 0.477 e. The van der Waals surface area contributed by atoms with Crippen LogP contribution in [0.5, 0.6) is 0 Å². The summed E-state index contributed by atoms with van der Waals surface area (Å²) in [6, 6.07) is 12.0. The quantitative estimate of drug-likeness (QED) is 0.835. The first-order chi connectivity index (χ1) is 8.25. The van der Waals surface area contributed by atoms with Crippen molar-refractivity contribution in [2.45, 2.75) is 11.3 Å². The Morgan fingerprint density at radius 2 is 2.06 bits per heavy atom. The van der Waals surface area contributed by atoms with E-state index in [-0.39, 0.29) is 0 Å². The molecule has 4 heteroatoms. The predicted molar refractivity (Wildman–Crippen MR) is 72.1 cm³/mol. The van der Waals surface area contributed by atoms with E-state index in [1.165, 1.54) is 16.9 Å². The summed E-state index contributed by atoms with van der Waals surface area (Å²) in [7, 11) is 0. The van der Waals surface area contributed by atoms with Crippen molar-refractivity contribution >= 4 is 29.1 Å². The molecule has 0 atom stereocenters. The van der Waals surface area contributed by atoms with Gasteiger partial charge in [0, 0.05) is 16.0 Å². The number of rotatable bonds is 5. The van der Waals surface area contributed by atoms with Gasteiger partial charge in [-0.1, -0.05) is 30.3 Å². The molecule has 0 bridgehead atoms. The maximum absolute atomic E-state index is 10.7. The molecular formula is C13H12O2S2. The van der Waals surface area contributed by atoms with Gasteiger partial charge in [-0.05, 0) is 18.1 Å². The lowest BCUT2D eigenvalue weighted by Gasteiger charge is -1.99. The Labute approximate surface area is 108 Å². The second-order valence-corrected chi connectivity index (χ2v) is 5.62. The van der Waals surface area contributed by atoms with Crippen LogP contribution in [0.15, 0.2) is 46.7 Å². The van der Waals surface area contributed by atoms with Gasteiger partial charge in [0.2, 0.25) is 0 Å². The number of carboxylic acid groups (broad SMARTS) is 1. The summed E-state index contributed by atoms with van der Waals surface area (Å²) < 4.78 is 0. The number of carbonyl (C=O) groups is 1. The number of carboxylic acids is 1. The third kappa shape index (κ3) is 3.61. The van der Waals surface area contributed by atoms with Crippen LogP contribution >= 0.6 is 23.1 Å². The number of hydrogen-bond donors (Lipinski definition) is 1. The van der Waals surface area contributed by atoms with Crippen LogP contribution in [-0.2, 0) is 6.42 Å². The number of thiophene rings is 1. The topological polar surface area (TPSA) is 37.3 Å². The Bertz CT molecular complexity index is 491. The molecule has 2 nitrogen and oxygen atoms in total. The van der Waals surface area contributed by atoms with Gasteiger partial charge in [-0.15, -0.1) is 23.1 Å². The summed E-state index contributed by atoms with van der Waals surface area (Å²) in [5.74, 6) is 0.129. The average Bonchev–Trinajstić information content (AvgIpc) is 2.79. The van der Waals surface area contributed by atoms with Gasteiger partial charge in [0.05, 0.1) is 0 Å². The molecule has 0 saturated heterocycles. The van der Waals surface area contributed by atoms with Crippen LogP contribution in [0.1, 0.15) is 15.2 Å². The van der Waals surface area contributed by atoms with E-state index in [1.807, 2.05) is 23.6 Å². The fourth-order valence-corrected chi connectivity index (χ4v) is 3.31. The van der Waals surface area contributed by atoms with Crippen molar-refractivity contribution in [1.82, 2.24) is 0 Å². The van der Waals surface area contributed by atoms with Crippen LogP contribution in [0.2, 0.25) is 0 Å². The van der Waals surface area contributed by atoms with E-state index in [2.05, 4.69) is 12.1 Å². The minimum atomic E-state index is -0.843. The van der Waals surface area contributed by atoms with Crippen LogP contribution < -0.4 is 0 Å². The summed E-state index contributed by atoms with van der Waals surface area (Å²) in [5.41, 5.74) is 1.31. The summed E-state index contributed by atoms with van der Waals surface area (Å²) >= 11 is 2.98. The number of aryl methyl sites for hydroxylation is 1. The van der Waals surface area contributed by atoms with Gasteiger partial charge in [0.15, 0.2) is 0 Å². The van der Waals surface area contributed by atoms with Crippen molar-refractivity contribution in [3.05, 3.63) is 52.2 Å². The van der Waals surface area contributed by atoms with Crippen LogP contribution in [0, 0.1) is 0 Å². The Hall–Kier alpha value is -1.26. The zero-order chi connectivity index (χ0) is 12.1. The molecule has 1 heterocycles. The molecule has 0 unspecified atom stereocenters. The maximum Gasteiger partial charge on any atom is 0.345 e. The molecule has 1 N–H and O–H groups in total. The molecule has 0 aliphatic carbocycles. The van der Waals surface area contributed by atoms with Gasteiger partial charge < -0.3 is 5.11 Å². The molecule has 0 saturated carbocycles. The summed E-state index contributed by atoms with van der Waals surface area (Å²) in [5, 5.41) is 10.7. The predicted octanol–water partition coefficient (Wildman–Crippen LogP) is 3.78. The van der Waals surface area contributed by atoms with E-state index >= 15 is 0 Å². The van der Waals surface area contributed by atoms with Crippen molar-refractivity contribution in [2.24, 2.45) is 0 Å². The molecule has 0 aliphatic rings. The van der Waals surface area contributed by atoms with E-state index in [0.717, 1.165) is 17.1 Å². The van der Waals surface area contributed by atoms with Gasteiger partial charge in [-0.3, -0.25) is 0 Å². The molecule has 2 rings (SSSR count). The van der Waals surface area contributed by atoms with E-state index < -0.39 is 5.97 Å². The minimum Gasteiger partial charge on any atom is -0.477 e. The highest BCUT2D eigenvalue weighted by Crippen LogP contribution is 2.25. The molecular weight excluding hydrogens is 252 g/mol. The lowest BCUT2D eigenvalue weighted by atomic mass is 10.2. The first kappa shape index (κ1) is 12.2. The third-order valence-electron chi connectivity index (χ3n) is 2.29. The third-order valence-corrected chi connectivity index (χ3v) is 4.33. The summed E-state index contributed by atoms with van der Waals surface area (Å²) in [6.45, 7) is 0. The van der Waals surface area contributed by atoms with E-state index in [4.69, 9.17) is 5.11 Å². The Morgan fingerprint density at radius 1 is 1.29 bits per heavy atom. The lowest BCUT2D eigenvalue weighted by Crippen LogP contribution is -1.90. The molecule has 0 amide bonds. The van der Waals surface area contributed by atoms with Crippen molar-refractivity contribution in [1.29, 1.82) is 0 Å². The Balaban J connectivity index is 1.84. The fourth-order valence-electron chi connectivity index (χ4n) is 1.44. The zero-order valence-electron chi connectivity index (χ0n) is 9.13. The smallest absolute Gasteiger partial charge is 0.345 e. The standard InChI is InChI=1S/C13H12O2S2/c14-13(15)12-8-11(9-17-12)16-7-6-10-4-2-1-3-5-10/h1-5,8-9H,6-7H2,(H,14,15). The van der Waals surface area contributed by atoms with Crippen LogP contribution in [0.25, 0.3) is 0 Å². The zero-order valence-corrected chi connectivity index (χ0v) is 10.8. The lowest BCUT2D eigenvalue weighted by molar-refractivity contribution is 0.0702. The maximum atomic E-state index is 10.7.